The molecule has 1 aromatic heterocycles. The fraction of sp³-hybridized carbons (Fsp3) is 0. The number of para-hydroxylation sites is 3. The van der Waals surface area contributed by atoms with Crippen LogP contribution >= 0.6 is 0 Å². The second-order valence-corrected chi connectivity index (χ2v) is 13.3. The van der Waals surface area contributed by atoms with Crippen LogP contribution in [-0.4, -0.2) is 0 Å². The number of fused-ring (bicyclic) bond motifs is 6. The summed E-state index contributed by atoms with van der Waals surface area (Å²) in [5.41, 5.74) is 12.1. The summed E-state index contributed by atoms with van der Waals surface area (Å²) < 4.78 is 6.81. The highest BCUT2D eigenvalue weighted by Gasteiger charge is 2.21. The van der Waals surface area contributed by atoms with Crippen molar-refractivity contribution in [2.45, 2.75) is 0 Å². The van der Waals surface area contributed by atoms with Crippen LogP contribution in [0.25, 0.3) is 76.9 Å². The van der Waals surface area contributed by atoms with E-state index in [9.17, 15) is 0 Å². The lowest BCUT2D eigenvalue weighted by Gasteiger charge is -2.28. The van der Waals surface area contributed by atoms with Crippen LogP contribution in [0.2, 0.25) is 0 Å². The molecule has 0 fully saturated rings. The van der Waals surface area contributed by atoms with Crippen molar-refractivity contribution in [2.75, 3.05) is 4.90 Å². The first-order valence-electron chi connectivity index (χ1n) is 17.8. The van der Waals surface area contributed by atoms with Crippen LogP contribution in [0.4, 0.5) is 17.1 Å². The third kappa shape index (κ3) is 5.04. The third-order valence-corrected chi connectivity index (χ3v) is 10.3. The largest absolute Gasteiger partial charge is 0.455 e. The summed E-state index contributed by atoms with van der Waals surface area (Å²) >= 11 is 0. The van der Waals surface area contributed by atoms with Gasteiger partial charge in [0.15, 0.2) is 0 Å². The van der Waals surface area contributed by atoms with E-state index >= 15 is 0 Å². The van der Waals surface area contributed by atoms with E-state index < -0.39 is 0 Å². The van der Waals surface area contributed by atoms with Gasteiger partial charge in [0, 0.05) is 38.7 Å². The van der Waals surface area contributed by atoms with Crippen molar-refractivity contribution in [2.24, 2.45) is 0 Å². The van der Waals surface area contributed by atoms with Gasteiger partial charge >= 0.3 is 0 Å². The lowest BCUT2D eigenvalue weighted by molar-refractivity contribution is 0.674. The van der Waals surface area contributed by atoms with Gasteiger partial charge in [-0.1, -0.05) is 158 Å². The molecule has 1 heterocycles. The molecule has 10 aromatic rings. The van der Waals surface area contributed by atoms with Crippen molar-refractivity contribution in [1.82, 2.24) is 0 Å². The zero-order valence-electron chi connectivity index (χ0n) is 28.4. The maximum Gasteiger partial charge on any atom is 0.143 e. The molecule has 0 amide bonds. The van der Waals surface area contributed by atoms with Crippen molar-refractivity contribution in [3.8, 4) is 33.4 Å². The van der Waals surface area contributed by atoms with Crippen LogP contribution in [0.5, 0.6) is 0 Å². The molecule has 0 saturated heterocycles. The minimum absolute atomic E-state index is 0.899. The minimum Gasteiger partial charge on any atom is -0.455 e. The number of rotatable bonds is 6. The first kappa shape index (κ1) is 30.0. The first-order valence-corrected chi connectivity index (χ1v) is 17.8. The maximum absolute atomic E-state index is 6.81. The standard InChI is InChI=1S/C50H33NO/c1-2-18-39(19-3-1)51(40-30-27-34(28-31-40)37-16-10-17-38(33-37)42-23-11-15-35-13-4-6-20-41(35)42)48-26-9-8-22-44(48)45-24-12-25-46-47-32-29-36-14-5-7-21-43(36)49(47)52-50(45)46/h1-33H. The Morgan fingerprint density at radius 2 is 0.885 bits per heavy atom. The van der Waals surface area contributed by atoms with Gasteiger partial charge in [0.05, 0.1) is 5.69 Å². The summed E-state index contributed by atoms with van der Waals surface area (Å²) in [6, 6.07) is 71.5. The highest BCUT2D eigenvalue weighted by molar-refractivity contribution is 6.17. The average Bonchev–Trinajstić information content (AvgIpc) is 3.61. The smallest absolute Gasteiger partial charge is 0.143 e. The molecular formula is C50H33NO. The lowest BCUT2D eigenvalue weighted by Crippen LogP contribution is -2.11. The summed E-state index contributed by atoms with van der Waals surface area (Å²) in [5.74, 6) is 0. The molecule has 52 heavy (non-hydrogen) atoms. The van der Waals surface area contributed by atoms with Crippen LogP contribution in [0.1, 0.15) is 0 Å². The molecule has 0 saturated carbocycles. The molecule has 0 unspecified atom stereocenters. The van der Waals surface area contributed by atoms with E-state index in [4.69, 9.17) is 4.42 Å². The minimum atomic E-state index is 0.899. The van der Waals surface area contributed by atoms with Crippen LogP contribution in [0, 0.1) is 0 Å². The summed E-state index contributed by atoms with van der Waals surface area (Å²) in [6.45, 7) is 0. The second kappa shape index (κ2) is 12.5. The van der Waals surface area contributed by atoms with Crippen LogP contribution < -0.4 is 4.90 Å². The van der Waals surface area contributed by atoms with Crippen molar-refractivity contribution in [1.29, 1.82) is 0 Å². The molecule has 2 nitrogen and oxygen atoms in total. The van der Waals surface area contributed by atoms with E-state index in [1.165, 1.54) is 38.4 Å². The lowest BCUT2D eigenvalue weighted by atomic mass is 9.95. The van der Waals surface area contributed by atoms with Crippen LogP contribution in [-0.2, 0) is 0 Å². The predicted octanol–water partition coefficient (Wildman–Crippen LogP) is 14.4. The molecule has 244 valence electrons. The monoisotopic (exact) mass is 663 g/mol. The fourth-order valence-electron chi connectivity index (χ4n) is 7.79. The highest BCUT2D eigenvalue weighted by atomic mass is 16.3. The van der Waals surface area contributed by atoms with E-state index in [0.717, 1.165) is 55.5 Å². The van der Waals surface area contributed by atoms with E-state index in [-0.39, 0.29) is 0 Å². The molecule has 0 bridgehead atoms. The zero-order chi connectivity index (χ0) is 34.4. The Balaban J connectivity index is 1.09. The molecular weight excluding hydrogens is 631 g/mol. The summed E-state index contributed by atoms with van der Waals surface area (Å²) in [6.07, 6.45) is 0. The Morgan fingerprint density at radius 3 is 1.75 bits per heavy atom. The Morgan fingerprint density at radius 1 is 0.308 bits per heavy atom. The van der Waals surface area contributed by atoms with E-state index in [0.29, 0.717) is 0 Å². The number of furan rings is 1. The van der Waals surface area contributed by atoms with Crippen LogP contribution in [0.15, 0.2) is 205 Å². The summed E-state index contributed by atoms with van der Waals surface area (Å²) in [7, 11) is 0. The van der Waals surface area contributed by atoms with Gasteiger partial charge in [-0.3, -0.25) is 0 Å². The molecule has 0 N–H and O–H groups in total. The van der Waals surface area contributed by atoms with Gasteiger partial charge in [-0.25, -0.2) is 0 Å². The van der Waals surface area contributed by atoms with Gasteiger partial charge in [0.2, 0.25) is 0 Å². The van der Waals surface area contributed by atoms with Gasteiger partial charge in [-0.05, 0) is 80.9 Å². The first-order chi connectivity index (χ1) is 25.8. The number of benzene rings is 9. The average molecular weight is 664 g/mol. The van der Waals surface area contributed by atoms with Crippen molar-refractivity contribution < 1.29 is 4.42 Å². The van der Waals surface area contributed by atoms with Gasteiger partial charge in [0.25, 0.3) is 0 Å². The molecule has 0 aliphatic carbocycles. The number of anilines is 3. The number of hydrogen-bond acceptors (Lipinski definition) is 2. The van der Waals surface area contributed by atoms with Crippen molar-refractivity contribution >= 4 is 60.5 Å². The summed E-state index contributed by atoms with van der Waals surface area (Å²) in [4.78, 5) is 2.35. The fourth-order valence-corrected chi connectivity index (χ4v) is 7.79. The second-order valence-electron chi connectivity index (χ2n) is 13.3. The highest BCUT2D eigenvalue weighted by Crippen LogP contribution is 2.45. The SMILES string of the molecule is c1ccc(N(c2ccc(-c3cccc(-c4cccc5ccccc45)c3)cc2)c2ccccc2-c2cccc3c2oc2c4ccccc4ccc32)cc1. The number of hydrogen-bond donors (Lipinski definition) is 0. The molecule has 2 heteroatoms. The molecule has 0 radical (unpaired) electrons. The van der Waals surface area contributed by atoms with Crippen molar-refractivity contribution in [3.05, 3.63) is 200 Å². The Labute approximate surface area is 302 Å². The number of nitrogens with zero attached hydrogens (tertiary/aromatic N) is 1. The van der Waals surface area contributed by atoms with Gasteiger partial charge in [-0.15, -0.1) is 0 Å². The van der Waals surface area contributed by atoms with E-state index in [2.05, 4.69) is 205 Å². The van der Waals surface area contributed by atoms with Gasteiger partial charge in [0.1, 0.15) is 11.2 Å². The van der Waals surface area contributed by atoms with Crippen molar-refractivity contribution in [3.63, 3.8) is 0 Å². The summed E-state index contributed by atoms with van der Waals surface area (Å²) in [5, 5.41) is 7.07. The normalized spacial score (nSPS) is 11.5. The van der Waals surface area contributed by atoms with Crippen LogP contribution in [0.3, 0.4) is 0 Å². The quantitative estimate of drug-likeness (QED) is 0.176. The maximum atomic E-state index is 6.81. The molecule has 0 aliphatic heterocycles. The Bertz CT molecular complexity index is 2900. The predicted molar refractivity (Wildman–Crippen MR) is 220 cm³/mol. The Hall–Kier alpha value is -6.90. The van der Waals surface area contributed by atoms with Gasteiger partial charge < -0.3 is 9.32 Å². The Kier molecular flexibility index (Phi) is 7.18. The molecule has 10 rings (SSSR count). The topological polar surface area (TPSA) is 16.4 Å². The molecule has 0 atom stereocenters. The molecule has 9 aromatic carbocycles. The van der Waals surface area contributed by atoms with Gasteiger partial charge in [-0.2, -0.15) is 0 Å². The zero-order valence-corrected chi connectivity index (χ0v) is 28.4. The molecule has 0 spiro atoms. The molecule has 0 aliphatic rings. The third-order valence-electron chi connectivity index (χ3n) is 10.3. The van der Waals surface area contributed by atoms with E-state index in [1.807, 2.05) is 0 Å². The van der Waals surface area contributed by atoms with E-state index in [1.54, 1.807) is 0 Å².